The highest BCUT2D eigenvalue weighted by Gasteiger charge is 2.20. The van der Waals surface area contributed by atoms with Gasteiger partial charge in [0.25, 0.3) is 20.0 Å². The van der Waals surface area contributed by atoms with Gasteiger partial charge in [-0.2, -0.15) is 0 Å². The van der Waals surface area contributed by atoms with E-state index >= 15 is 0 Å². The molecule has 0 atom stereocenters. The summed E-state index contributed by atoms with van der Waals surface area (Å²) in [5.74, 6) is -0.719. The van der Waals surface area contributed by atoms with Crippen LogP contribution in [0.1, 0.15) is 0 Å². The highest BCUT2D eigenvalue weighted by atomic mass is 32.2. The van der Waals surface area contributed by atoms with Gasteiger partial charge in [-0.15, -0.1) is 0 Å². The lowest BCUT2D eigenvalue weighted by atomic mass is 10.3. The molecule has 0 heterocycles. The lowest BCUT2D eigenvalue weighted by Crippen LogP contribution is -2.17. The number of anilines is 2. The molecule has 0 aromatic heterocycles. The topological polar surface area (TPSA) is 92.3 Å². The monoisotopic (exact) mass is 406 g/mol. The van der Waals surface area contributed by atoms with E-state index in [4.69, 9.17) is 0 Å². The summed E-state index contributed by atoms with van der Waals surface area (Å²) in [4.78, 5) is -0.0441. The highest BCUT2D eigenvalue weighted by Crippen LogP contribution is 2.28. The predicted octanol–water partition coefficient (Wildman–Crippen LogP) is 3.43. The summed E-state index contributed by atoms with van der Waals surface area (Å²) in [7, 11) is -8.00. The van der Waals surface area contributed by atoms with Crippen molar-refractivity contribution in [2.24, 2.45) is 0 Å². The number of halogens is 1. The second-order valence-corrected chi connectivity index (χ2v) is 8.89. The second-order valence-electron chi connectivity index (χ2n) is 5.53. The van der Waals surface area contributed by atoms with E-state index in [1.54, 1.807) is 36.4 Å². The van der Waals surface area contributed by atoms with Crippen molar-refractivity contribution in [1.82, 2.24) is 0 Å². The Morgan fingerprint density at radius 1 is 0.593 bits per heavy atom. The third-order valence-corrected chi connectivity index (χ3v) is 6.34. The van der Waals surface area contributed by atoms with Gasteiger partial charge >= 0.3 is 0 Å². The van der Waals surface area contributed by atoms with Crippen LogP contribution in [0.3, 0.4) is 0 Å². The largest absolute Gasteiger partial charge is 0.277 e. The molecule has 6 nitrogen and oxygen atoms in total. The van der Waals surface area contributed by atoms with Crippen LogP contribution in [0.15, 0.2) is 88.7 Å². The van der Waals surface area contributed by atoms with Crippen molar-refractivity contribution in [2.75, 3.05) is 9.44 Å². The zero-order valence-corrected chi connectivity index (χ0v) is 15.5. The summed E-state index contributed by atoms with van der Waals surface area (Å²) in [6.45, 7) is 0. The van der Waals surface area contributed by atoms with Gasteiger partial charge in [-0.1, -0.05) is 36.4 Å². The molecule has 9 heteroatoms. The van der Waals surface area contributed by atoms with E-state index in [2.05, 4.69) is 9.44 Å². The maximum absolute atomic E-state index is 13.7. The van der Waals surface area contributed by atoms with Gasteiger partial charge in [0.2, 0.25) is 0 Å². The molecule has 0 unspecified atom stereocenters. The Bertz CT molecular complexity index is 1150. The number of benzene rings is 3. The van der Waals surface area contributed by atoms with Crippen LogP contribution in [-0.4, -0.2) is 16.8 Å². The summed E-state index contributed by atoms with van der Waals surface area (Å²) in [6.07, 6.45) is 0. The molecule has 27 heavy (non-hydrogen) atoms. The quantitative estimate of drug-likeness (QED) is 0.656. The van der Waals surface area contributed by atoms with E-state index < -0.39 is 25.9 Å². The third kappa shape index (κ3) is 4.44. The molecule has 0 saturated carbocycles. The Balaban J connectivity index is 1.97. The minimum Gasteiger partial charge on any atom is -0.277 e. The van der Waals surface area contributed by atoms with E-state index in [9.17, 15) is 21.2 Å². The summed E-state index contributed by atoms with van der Waals surface area (Å²) in [5, 5.41) is 0. The number of sulfonamides is 2. The van der Waals surface area contributed by atoms with Crippen LogP contribution in [0, 0.1) is 5.82 Å². The smallest absolute Gasteiger partial charge is 0.261 e. The SMILES string of the molecule is O=S(=O)(Nc1ccc(F)cc1NS(=O)(=O)c1ccccc1)c1ccccc1. The van der Waals surface area contributed by atoms with E-state index in [1.165, 1.54) is 24.3 Å². The first-order chi connectivity index (χ1) is 12.8. The highest BCUT2D eigenvalue weighted by molar-refractivity contribution is 7.93. The molecule has 0 bridgehead atoms. The van der Waals surface area contributed by atoms with E-state index in [-0.39, 0.29) is 21.2 Å². The average Bonchev–Trinajstić information content (AvgIpc) is 2.65. The minimum absolute atomic E-state index is 0.00816. The van der Waals surface area contributed by atoms with Gasteiger partial charge in [0.05, 0.1) is 21.2 Å². The van der Waals surface area contributed by atoms with Crippen molar-refractivity contribution < 1.29 is 21.2 Å². The predicted molar refractivity (Wildman–Crippen MR) is 101 cm³/mol. The van der Waals surface area contributed by atoms with Gasteiger partial charge in [0.15, 0.2) is 0 Å². The van der Waals surface area contributed by atoms with Gasteiger partial charge in [-0.25, -0.2) is 21.2 Å². The van der Waals surface area contributed by atoms with Crippen molar-refractivity contribution in [3.63, 3.8) is 0 Å². The number of rotatable bonds is 6. The lowest BCUT2D eigenvalue weighted by Gasteiger charge is -2.15. The minimum atomic E-state index is -4.02. The Hall–Kier alpha value is -2.91. The molecular weight excluding hydrogens is 391 g/mol. The fraction of sp³-hybridized carbons (Fsp3) is 0. The van der Waals surface area contributed by atoms with Crippen molar-refractivity contribution in [3.8, 4) is 0 Å². The van der Waals surface area contributed by atoms with Crippen LogP contribution in [0.25, 0.3) is 0 Å². The van der Waals surface area contributed by atoms with Crippen LogP contribution in [-0.2, 0) is 20.0 Å². The zero-order chi connectivity index (χ0) is 19.5. The van der Waals surface area contributed by atoms with Crippen molar-refractivity contribution in [1.29, 1.82) is 0 Å². The Morgan fingerprint density at radius 2 is 1.04 bits per heavy atom. The molecule has 0 aliphatic carbocycles. The molecule has 0 amide bonds. The Labute approximate surface area is 156 Å². The van der Waals surface area contributed by atoms with Crippen molar-refractivity contribution in [2.45, 2.75) is 9.79 Å². The summed E-state index contributed by atoms with van der Waals surface area (Å²) in [5.41, 5.74) is -0.321. The number of hydrogen-bond donors (Lipinski definition) is 2. The van der Waals surface area contributed by atoms with Crippen LogP contribution in [0.2, 0.25) is 0 Å². The van der Waals surface area contributed by atoms with E-state index in [0.717, 1.165) is 18.2 Å². The molecule has 3 aromatic carbocycles. The summed E-state index contributed by atoms with van der Waals surface area (Å²) in [6, 6.07) is 18.1. The summed E-state index contributed by atoms with van der Waals surface area (Å²) < 4.78 is 68.1. The fourth-order valence-corrected chi connectivity index (χ4v) is 4.49. The molecule has 0 radical (unpaired) electrons. The Kier molecular flexibility index (Phi) is 5.15. The maximum Gasteiger partial charge on any atom is 0.261 e. The van der Waals surface area contributed by atoms with Crippen LogP contribution < -0.4 is 9.44 Å². The Morgan fingerprint density at radius 3 is 1.52 bits per heavy atom. The first-order valence-corrected chi connectivity index (χ1v) is 10.7. The average molecular weight is 406 g/mol. The van der Waals surface area contributed by atoms with Crippen molar-refractivity contribution in [3.05, 3.63) is 84.7 Å². The van der Waals surface area contributed by atoms with Crippen LogP contribution in [0.4, 0.5) is 15.8 Å². The van der Waals surface area contributed by atoms with Crippen LogP contribution in [0.5, 0.6) is 0 Å². The normalized spacial score (nSPS) is 11.7. The van der Waals surface area contributed by atoms with Crippen LogP contribution >= 0.6 is 0 Å². The van der Waals surface area contributed by atoms with Gasteiger partial charge in [-0.3, -0.25) is 9.44 Å². The molecule has 3 rings (SSSR count). The lowest BCUT2D eigenvalue weighted by molar-refractivity contribution is 0.598. The summed E-state index contributed by atoms with van der Waals surface area (Å²) >= 11 is 0. The van der Waals surface area contributed by atoms with E-state index in [1.807, 2.05) is 0 Å². The third-order valence-electron chi connectivity index (χ3n) is 3.58. The molecule has 0 fully saturated rings. The molecule has 0 spiro atoms. The first-order valence-electron chi connectivity index (χ1n) is 7.73. The van der Waals surface area contributed by atoms with Gasteiger partial charge in [-0.05, 0) is 36.4 Å². The zero-order valence-electron chi connectivity index (χ0n) is 13.8. The van der Waals surface area contributed by atoms with Gasteiger partial charge in [0.1, 0.15) is 5.82 Å². The van der Waals surface area contributed by atoms with Gasteiger partial charge in [0, 0.05) is 6.07 Å². The molecule has 0 saturated heterocycles. The molecule has 2 N–H and O–H groups in total. The molecular formula is C18H15FN2O4S2. The standard InChI is InChI=1S/C18H15FN2O4S2/c19-14-11-12-17(20-26(22,23)15-7-3-1-4-8-15)18(13-14)21-27(24,25)16-9-5-2-6-10-16/h1-13,20-21H. The first kappa shape index (κ1) is 18.9. The second kappa shape index (κ2) is 7.37. The molecule has 3 aromatic rings. The molecule has 140 valence electrons. The maximum atomic E-state index is 13.7. The number of nitrogens with one attached hydrogen (secondary N) is 2. The van der Waals surface area contributed by atoms with Crippen molar-refractivity contribution >= 4 is 31.4 Å². The number of hydrogen-bond acceptors (Lipinski definition) is 4. The van der Waals surface area contributed by atoms with Gasteiger partial charge < -0.3 is 0 Å². The van der Waals surface area contributed by atoms with E-state index in [0.29, 0.717) is 0 Å². The fourth-order valence-electron chi connectivity index (χ4n) is 2.30. The molecule has 0 aliphatic heterocycles. The molecule has 0 aliphatic rings.